The zero-order valence-electron chi connectivity index (χ0n) is 13.3. The summed E-state index contributed by atoms with van der Waals surface area (Å²) in [6.07, 6.45) is 13.4. The first-order chi connectivity index (χ1) is 9.56. The number of Topliss-reactive ketones (excluding diaryl/α,β-unsaturated/α-hetero) is 1. The molecule has 0 aliphatic heterocycles. The Hall–Kier alpha value is -0.330. The molecule has 1 heteroatoms. The third-order valence-electron chi connectivity index (χ3n) is 8.29. The summed E-state index contributed by atoms with van der Waals surface area (Å²) in [6, 6.07) is 0. The van der Waals surface area contributed by atoms with Gasteiger partial charge in [0.05, 0.1) is 0 Å². The Morgan fingerprint density at radius 1 is 0.900 bits per heavy atom. The van der Waals surface area contributed by atoms with E-state index in [-0.39, 0.29) is 5.41 Å². The Balaban J connectivity index is 1.66. The highest BCUT2D eigenvalue weighted by molar-refractivity contribution is 5.87. The molecule has 4 fully saturated rings. The Labute approximate surface area is 123 Å². The van der Waals surface area contributed by atoms with Crippen LogP contribution in [0.5, 0.6) is 0 Å². The zero-order chi connectivity index (χ0) is 14.0. The lowest BCUT2D eigenvalue weighted by molar-refractivity contribution is -0.138. The number of fused-ring (bicyclic) bond motifs is 5. The van der Waals surface area contributed by atoms with Crippen LogP contribution < -0.4 is 0 Å². The highest BCUT2D eigenvalue weighted by Gasteiger charge is 2.59. The predicted molar refractivity (Wildman–Crippen MR) is 81.4 cm³/mol. The molecule has 0 saturated heterocycles. The van der Waals surface area contributed by atoms with E-state index in [1.165, 1.54) is 57.8 Å². The normalized spacial score (nSPS) is 55.0. The molecular weight excluding hydrogens is 244 g/mol. The molecule has 4 aliphatic carbocycles. The first-order valence-electron chi connectivity index (χ1n) is 9.09. The third kappa shape index (κ3) is 1.58. The second kappa shape index (κ2) is 4.34. The molecule has 0 radical (unpaired) electrons. The molecule has 6 atom stereocenters. The van der Waals surface area contributed by atoms with E-state index < -0.39 is 0 Å². The van der Waals surface area contributed by atoms with Crippen molar-refractivity contribution in [2.45, 2.75) is 78.1 Å². The fourth-order valence-corrected chi connectivity index (χ4v) is 7.07. The molecule has 0 heterocycles. The van der Waals surface area contributed by atoms with Crippen molar-refractivity contribution in [3.63, 3.8) is 0 Å². The van der Waals surface area contributed by atoms with E-state index in [0.29, 0.717) is 11.2 Å². The lowest BCUT2D eigenvalue weighted by Gasteiger charge is -2.59. The van der Waals surface area contributed by atoms with Gasteiger partial charge < -0.3 is 0 Å². The largest absolute Gasteiger partial charge is 0.299 e. The summed E-state index contributed by atoms with van der Waals surface area (Å²) < 4.78 is 0. The average Bonchev–Trinajstić information content (AvgIpc) is 2.74. The summed E-state index contributed by atoms with van der Waals surface area (Å²) in [6.45, 7) is 4.92. The first kappa shape index (κ1) is 13.3. The molecule has 4 saturated carbocycles. The molecule has 3 unspecified atom stereocenters. The van der Waals surface area contributed by atoms with Crippen LogP contribution in [0, 0.1) is 34.5 Å². The van der Waals surface area contributed by atoms with Crippen LogP contribution in [0.15, 0.2) is 0 Å². The second-order valence-electron chi connectivity index (χ2n) is 8.82. The van der Waals surface area contributed by atoms with Gasteiger partial charge in [0.1, 0.15) is 5.78 Å². The molecular formula is C19H30O. The van der Waals surface area contributed by atoms with Crippen molar-refractivity contribution in [2.75, 3.05) is 0 Å². The second-order valence-corrected chi connectivity index (χ2v) is 8.82. The molecule has 1 nitrogen and oxygen atoms in total. The Morgan fingerprint density at radius 3 is 2.60 bits per heavy atom. The van der Waals surface area contributed by atoms with Crippen LogP contribution in [0.1, 0.15) is 78.1 Å². The quantitative estimate of drug-likeness (QED) is 0.608. The molecule has 20 heavy (non-hydrogen) atoms. The fourth-order valence-electron chi connectivity index (χ4n) is 7.07. The van der Waals surface area contributed by atoms with Gasteiger partial charge in [-0.15, -0.1) is 0 Å². The molecule has 0 N–H and O–H groups in total. The number of rotatable bonds is 0. The zero-order valence-corrected chi connectivity index (χ0v) is 13.3. The summed E-state index contributed by atoms with van der Waals surface area (Å²) in [5.41, 5.74) is 0.688. The number of hydrogen-bond donors (Lipinski definition) is 0. The maximum Gasteiger partial charge on any atom is 0.139 e. The van der Waals surface area contributed by atoms with Crippen molar-refractivity contribution in [1.29, 1.82) is 0 Å². The Morgan fingerprint density at radius 2 is 1.75 bits per heavy atom. The summed E-state index contributed by atoms with van der Waals surface area (Å²) in [5, 5.41) is 0. The minimum atomic E-state index is 0.0685. The van der Waals surface area contributed by atoms with Crippen LogP contribution in [-0.2, 0) is 4.79 Å². The van der Waals surface area contributed by atoms with Crippen molar-refractivity contribution in [1.82, 2.24) is 0 Å². The van der Waals surface area contributed by atoms with E-state index in [4.69, 9.17) is 0 Å². The van der Waals surface area contributed by atoms with Gasteiger partial charge >= 0.3 is 0 Å². The minimum absolute atomic E-state index is 0.0685. The maximum atomic E-state index is 12.4. The number of hydrogen-bond acceptors (Lipinski definition) is 1. The van der Waals surface area contributed by atoms with Gasteiger partial charge in [-0.3, -0.25) is 4.79 Å². The van der Waals surface area contributed by atoms with Gasteiger partial charge in [0.15, 0.2) is 0 Å². The van der Waals surface area contributed by atoms with Crippen molar-refractivity contribution < 1.29 is 4.79 Å². The van der Waals surface area contributed by atoms with Crippen LogP contribution in [-0.4, -0.2) is 5.78 Å². The predicted octanol–water partition coefficient (Wildman–Crippen LogP) is 4.99. The SMILES string of the molecule is C[C@]12CCC3C(CC[C@H]4CCCC[C@]34C)C1CCC2=O. The highest BCUT2D eigenvalue weighted by Crippen LogP contribution is 2.65. The van der Waals surface area contributed by atoms with Gasteiger partial charge in [-0.1, -0.05) is 26.7 Å². The molecule has 112 valence electrons. The maximum absolute atomic E-state index is 12.4. The molecule has 4 aliphatic rings. The lowest BCUT2D eigenvalue weighted by Crippen LogP contribution is -2.52. The number of carbonyl (C=O) groups is 1. The average molecular weight is 274 g/mol. The van der Waals surface area contributed by atoms with Gasteiger partial charge in [-0.05, 0) is 74.0 Å². The fraction of sp³-hybridized carbons (Fsp3) is 0.947. The van der Waals surface area contributed by atoms with E-state index in [1.807, 2.05) is 0 Å². The monoisotopic (exact) mass is 274 g/mol. The van der Waals surface area contributed by atoms with E-state index in [0.717, 1.165) is 30.1 Å². The van der Waals surface area contributed by atoms with Crippen molar-refractivity contribution in [3.05, 3.63) is 0 Å². The standard InChI is InChI=1S/C19H30O/c1-18-11-4-3-5-13(18)6-7-14-15-8-9-17(20)19(15,2)12-10-16(14)18/h13-16H,3-12H2,1-2H3/t13-,14?,15?,16?,18+,19+/m1/s1. The smallest absolute Gasteiger partial charge is 0.139 e. The van der Waals surface area contributed by atoms with Crippen LogP contribution in [0.25, 0.3) is 0 Å². The summed E-state index contributed by atoms with van der Waals surface area (Å²) in [7, 11) is 0. The molecule has 0 aromatic heterocycles. The van der Waals surface area contributed by atoms with Gasteiger partial charge in [0.25, 0.3) is 0 Å². The van der Waals surface area contributed by atoms with E-state index in [1.54, 1.807) is 0 Å². The minimum Gasteiger partial charge on any atom is -0.299 e. The summed E-state index contributed by atoms with van der Waals surface area (Å²) in [5.74, 6) is 4.13. The van der Waals surface area contributed by atoms with Gasteiger partial charge in [0, 0.05) is 11.8 Å². The molecule has 0 amide bonds. The van der Waals surface area contributed by atoms with E-state index >= 15 is 0 Å². The summed E-state index contributed by atoms with van der Waals surface area (Å²) in [4.78, 5) is 12.4. The van der Waals surface area contributed by atoms with Crippen LogP contribution >= 0.6 is 0 Å². The van der Waals surface area contributed by atoms with Gasteiger partial charge in [-0.25, -0.2) is 0 Å². The van der Waals surface area contributed by atoms with Gasteiger partial charge in [0.2, 0.25) is 0 Å². The van der Waals surface area contributed by atoms with Crippen LogP contribution in [0.3, 0.4) is 0 Å². The van der Waals surface area contributed by atoms with E-state index in [9.17, 15) is 4.79 Å². The summed E-state index contributed by atoms with van der Waals surface area (Å²) >= 11 is 0. The van der Waals surface area contributed by atoms with Crippen molar-refractivity contribution >= 4 is 5.78 Å². The topological polar surface area (TPSA) is 17.1 Å². The first-order valence-corrected chi connectivity index (χ1v) is 9.09. The molecule has 0 bridgehead atoms. The molecule has 0 aromatic carbocycles. The van der Waals surface area contributed by atoms with Crippen molar-refractivity contribution in [2.24, 2.45) is 34.5 Å². The Bertz CT molecular complexity index is 427. The molecule has 0 spiro atoms. The lowest BCUT2D eigenvalue weighted by atomic mass is 9.45. The molecule has 0 aromatic rings. The Kier molecular flexibility index (Phi) is 2.89. The number of carbonyl (C=O) groups excluding carboxylic acids is 1. The van der Waals surface area contributed by atoms with Crippen LogP contribution in [0.2, 0.25) is 0 Å². The van der Waals surface area contributed by atoms with Gasteiger partial charge in [-0.2, -0.15) is 0 Å². The molecule has 4 rings (SSSR count). The van der Waals surface area contributed by atoms with Crippen molar-refractivity contribution in [3.8, 4) is 0 Å². The highest BCUT2D eigenvalue weighted by atomic mass is 16.1. The number of ketones is 1. The van der Waals surface area contributed by atoms with E-state index in [2.05, 4.69) is 13.8 Å². The third-order valence-corrected chi connectivity index (χ3v) is 8.29. The van der Waals surface area contributed by atoms with Crippen LogP contribution in [0.4, 0.5) is 0 Å².